The lowest BCUT2D eigenvalue weighted by atomic mass is 9.82. The predicted molar refractivity (Wildman–Crippen MR) is 140 cm³/mol. The van der Waals surface area contributed by atoms with Crippen LogP contribution in [0.4, 0.5) is 13.2 Å². The first-order valence-electron chi connectivity index (χ1n) is 12.6. The first kappa shape index (κ1) is 28.7. The minimum Gasteiger partial charge on any atom is -0.507 e. The van der Waals surface area contributed by atoms with E-state index in [0.717, 1.165) is 19.2 Å². The van der Waals surface area contributed by atoms with Crippen LogP contribution < -0.4 is 9.47 Å². The summed E-state index contributed by atoms with van der Waals surface area (Å²) in [5.74, 6) is -0.335. The number of phenols is 1. The van der Waals surface area contributed by atoms with Gasteiger partial charge >= 0.3 is 6.18 Å². The van der Waals surface area contributed by atoms with E-state index >= 15 is 0 Å². The van der Waals surface area contributed by atoms with Gasteiger partial charge in [0.15, 0.2) is 11.6 Å². The number of nitrogens with zero attached hydrogens (tertiary/aromatic N) is 1. The van der Waals surface area contributed by atoms with Gasteiger partial charge in [0.25, 0.3) is 5.91 Å². The van der Waals surface area contributed by atoms with E-state index in [-0.39, 0.29) is 35.0 Å². The highest BCUT2D eigenvalue weighted by Crippen LogP contribution is 2.40. The molecule has 210 valence electrons. The van der Waals surface area contributed by atoms with Crippen molar-refractivity contribution in [3.8, 4) is 17.2 Å². The summed E-state index contributed by atoms with van der Waals surface area (Å²) >= 11 is 0. The fraction of sp³-hybridized carbons (Fsp3) is 0.300. The van der Waals surface area contributed by atoms with Gasteiger partial charge in [-0.05, 0) is 49.4 Å². The first-order valence-corrected chi connectivity index (χ1v) is 12.6. The minimum absolute atomic E-state index is 0.00148. The summed E-state index contributed by atoms with van der Waals surface area (Å²) in [6.07, 6.45) is -3.54. The van der Waals surface area contributed by atoms with Gasteiger partial charge in [-0.2, -0.15) is 13.2 Å². The van der Waals surface area contributed by atoms with Gasteiger partial charge in [-0.3, -0.25) is 14.4 Å². The van der Waals surface area contributed by atoms with Gasteiger partial charge in [-0.25, -0.2) is 0 Å². The highest BCUT2D eigenvalue weighted by molar-refractivity contribution is 6.00. The van der Waals surface area contributed by atoms with Crippen LogP contribution in [0.5, 0.6) is 17.2 Å². The van der Waals surface area contributed by atoms with E-state index < -0.39 is 23.2 Å². The number of rotatable bonds is 3. The number of Topliss-reactive ketones (excluding diaryl/α,β-unsaturated/α-hetero) is 2. The molecule has 2 aliphatic heterocycles. The Bertz CT molecular complexity index is 1430. The Balaban J connectivity index is 0.000000312. The van der Waals surface area contributed by atoms with Crippen molar-refractivity contribution in [3.63, 3.8) is 0 Å². The van der Waals surface area contributed by atoms with Crippen molar-refractivity contribution in [1.29, 1.82) is 0 Å². The molecule has 0 bridgehead atoms. The number of hydrogen-bond donors (Lipinski definition) is 1. The number of fused-ring (bicyclic) bond motifs is 1. The molecule has 0 unspecified atom stereocenters. The molecule has 1 N–H and O–H groups in total. The number of halogens is 3. The lowest BCUT2D eigenvalue weighted by molar-refractivity contribution is -0.138. The number of amides is 1. The van der Waals surface area contributed by atoms with E-state index in [4.69, 9.17) is 14.6 Å². The van der Waals surface area contributed by atoms with Gasteiger partial charge in [-0.1, -0.05) is 24.3 Å². The van der Waals surface area contributed by atoms with Gasteiger partial charge < -0.3 is 19.5 Å². The van der Waals surface area contributed by atoms with E-state index in [1.807, 2.05) is 0 Å². The molecule has 0 aliphatic carbocycles. The second-order valence-electron chi connectivity index (χ2n) is 9.66. The second kappa shape index (κ2) is 11.4. The van der Waals surface area contributed by atoms with Crippen molar-refractivity contribution >= 4 is 17.5 Å². The van der Waals surface area contributed by atoms with Crippen LogP contribution >= 0.6 is 0 Å². The van der Waals surface area contributed by atoms with Gasteiger partial charge in [-0.15, -0.1) is 0 Å². The number of methoxy groups -OCH3 is 1. The lowest BCUT2D eigenvalue weighted by Crippen LogP contribution is -2.52. The molecular weight excluding hydrogens is 527 g/mol. The molecule has 7 nitrogen and oxygen atoms in total. The number of aromatic hydroxyl groups is 1. The van der Waals surface area contributed by atoms with Crippen molar-refractivity contribution in [2.75, 3.05) is 20.2 Å². The molecule has 1 spiro atoms. The van der Waals surface area contributed by atoms with Crippen molar-refractivity contribution in [2.24, 2.45) is 0 Å². The number of ether oxygens (including phenoxy) is 2. The maximum absolute atomic E-state index is 13.3. The van der Waals surface area contributed by atoms with E-state index in [1.165, 1.54) is 24.0 Å². The number of hydrogen-bond acceptors (Lipinski definition) is 6. The molecule has 40 heavy (non-hydrogen) atoms. The maximum atomic E-state index is 13.3. The van der Waals surface area contributed by atoms with Gasteiger partial charge in [0.2, 0.25) is 0 Å². The summed E-state index contributed by atoms with van der Waals surface area (Å²) in [7, 11) is 1.15. The van der Waals surface area contributed by atoms with Crippen molar-refractivity contribution in [3.05, 3.63) is 89.0 Å². The summed E-state index contributed by atoms with van der Waals surface area (Å²) < 4.78 is 50.7. The van der Waals surface area contributed by atoms with Crippen molar-refractivity contribution in [1.82, 2.24) is 4.90 Å². The number of carbonyl (C=O) groups excluding carboxylic acids is 3. The van der Waals surface area contributed by atoms with Gasteiger partial charge in [0.05, 0.1) is 30.2 Å². The zero-order valence-corrected chi connectivity index (χ0v) is 22.0. The monoisotopic (exact) mass is 555 g/mol. The molecular formula is C30H28F3NO6. The normalized spacial score (nSPS) is 15.8. The number of benzene rings is 3. The highest BCUT2D eigenvalue weighted by atomic mass is 19.4. The Morgan fingerprint density at radius 1 is 1.00 bits per heavy atom. The molecule has 1 amide bonds. The number of para-hydroxylation sites is 2. The SMILES string of the molecule is CC(=O)c1ccccc1O.COc1ccc(C(=O)N2CCC3(CC2)CC(=O)c2ccccc2O3)cc1C(F)(F)F. The lowest BCUT2D eigenvalue weighted by Gasteiger charge is -2.44. The van der Waals surface area contributed by atoms with Crippen molar-refractivity contribution < 1.29 is 42.1 Å². The second-order valence-corrected chi connectivity index (χ2v) is 9.66. The van der Waals surface area contributed by atoms with Crippen LogP contribution in [-0.2, 0) is 6.18 Å². The summed E-state index contributed by atoms with van der Waals surface area (Å²) in [6, 6.07) is 16.9. The number of ketones is 2. The van der Waals surface area contributed by atoms with E-state index in [0.29, 0.717) is 42.8 Å². The number of piperidine rings is 1. The zero-order chi connectivity index (χ0) is 29.1. The predicted octanol–water partition coefficient (Wildman–Crippen LogP) is 5.95. The molecule has 0 saturated carbocycles. The molecule has 0 radical (unpaired) electrons. The number of likely N-dealkylation sites (tertiary alicyclic amines) is 1. The van der Waals surface area contributed by atoms with E-state index in [2.05, 4.69) is 0 Å². The van der Waals surface area contributed by atoms with Crippen LogP contribution in [-0.4, -0.2) is 53.3 Å². The first-order chi connectivity index (χ1) is 18.9. The third-order valence-corrected chi connectivity index (χ3v) is 6.99. The third-order valence-electron chi connectivity index (χ3n) is 6.99. The number of alkyl halides is 3. The van der Waals surface area contributed by atoms with Gasteiger partial charge in [0.1, 0.15) is 22.8 Å². The van der Waals surface area contributed by atoms with Crippen LogP contribution in [0.15, 0.2) is 66.7 Å². The maximum Gasteiger partial charge on any atom is 0.419 e. The smallest absolute Gasteiger partial charge is 0.419 e. The average molecular weight is 556 g/mol. The van der Waals surface area contributed by atoms with Gasteiger partial charge in [0, 0.05) is 31.5 Å². The average Bonchev–Trinajstić information content (AvgIpc) is 2.93. The van der Waals surface area contributed by atoms with Crippen LogP contribution in [0.3, 0.4) is 0 Å². The summed E-state index contributed by atoms with van der Waals surface area (Å²) in [5, 5.41) is 9.06. The Hall–Kier alpha value is -4.34. The highest BCUT2D eigenvalue weighted by Gasteiger charge is 2.44. The van der Waals surface area contributed by atoms with Crippen LogP contribution in [0.25, 0.3) is 0 Å². The summed E-state index contributed by atoms with van der Waals surface area (Å²) in [5.41, 5.74) is -0.784. The largest absolute Gasteiger partial charge is 0.507 e. The standard InChI is InChI=1S/C22H20F3NO4.C8H8O2/c1-29-19-7-6-14(12-16(19)22(23,24)25)20(28)26-10-8-21(9-11-26)13-17(27)15-4-2-3-5-18(15)30-21;1-6(9)7-4-2-3-5-8(7)10/h2-7,12H,8-11,13H2,1H3;2-5,10H,1H3. The molecule has 0 aromatic heterocycles. The van der Waals surface area contributed by atoms with Crippen LogP contribution in [0, 0.1) is 0 Å². The third kappa shape index (κ3) is 6.11. The minimum atomic E-state index is -4.63. The van der Waals surface area contributed by atoms with E-state index in [1.54, 1.807) is 42.5 Å². The topological polar surface area (TPSA) is 93.1 Å². The quantitative estimate of drug-likeness (QED) is 0.402. The zero-order valence-electron chi connectivity index (χ0n) is 22.0. The number of phenolic OH excluding ortho intramolecular Hbond substituents is 1. The summed E-state index contributed by atoms with van der Waals surface area (Å²) in [6.45, 7) is 2.01. The Morgan fingerprint density at radius 3 is 2.25 bits per heavy atom. The Kier molecular flexibility index (Phi) is 8.18. The molecule has 3 aromatic carbocycles. The van der Waals surface area contributed by atoms with E-state index in [9.17, 15) is 27.6 Å². The fourth-order valence-corrected chi connectivity index (χ4v) is 4.86. The van der Waals surface area contributed by atoms with Crippen LogP contribution in [0.1, 0.15) is 62.8 Å². The molecule has 3 aromatic rings. The molecule has 1 fully saturated rings. The molecule has 10 heteroatoms. The van der Waals surface area contributed by atoms with Crippen LogP contribution in [0.2, 0.25) is 0 Å². The fourth-order valence-electron chi connectivity index (χ4n) is 4.86. The summed E-state index contributed by atoms with van der Waals surface area (Å²) in [4.78, 5) is 37.5. The van der Waals surface area contributed by atoms with Crippen molar-refractivity contribution in [2.45, 2.75) is 38.0 Å². The molecule has 5 rings (SSSR count). The molecule has 1 saturated heterocycles. The Labute approximate surface area is 229 Å². The number of carbonyl (C=O) groups is 3. The molecule has 2 aliphatic rings. The molecule has 2 heterocycles. The Morgan fingerprint density at radius 2 is 1.65 bits per heavy atom. The molecule has 0 atom stereocenters.